The largest absolute Gasteiger partial charge is 0.321 e. The minimum absolute atomic E-state index is 0.0654. The van der Waals surface area contributed by atoms with Crippen LogP contribution in [0.4, 0.5) is 5.69 Å². The van der Waals surface area contributed by atoms with Crippen LogP contribution in [-0.2, 0) is 4.79 Å². The molecule has 2 amide bonds. The summed E-state index contributed by atoms with van der Waals surface area (Å²) in [5.41, 5.74) is 6.13. The Morgan fingerprint density at radius 3 is 2.62 bits per heavy atom. The first-order chi connectivity index (χ1) is 11.5. The van der Waals surface area contributed by atoms with Gasteiger partial charge in [0.05, 0.1) is 5.71 Å². The Kier molecular flexibility index (Phi) is 4.37. The lowest BCUT2D eigenvalue weighted by molar-refractivity contribution is -0.121. The molecule has 1 aromatic carbocycles. The first kappa shape index (κ1) is 15.9. The highest BCUT2D eigenvalue weighted by atomic mass is 16.2. The summed E-state index contributed by atoms with van der Waals surface area (Å²) < 4.78 is 0. The molecule has 2 aromatic rings. The van der Waals surface area contributed by atoms with Crippen LogP contribution in [0.2, 0.25) is 0 Å². The molecular weight excluding hydrogens is 304 g/mol. The molecule has 1 unspecified atom stereocenters. The highest BCUT2D eigenvalue weighted by Gasteiger charge is 2.21. The van der Waals surface area contributed by atoms with Crippen molar-refractivity contribution < 1.29 is 9.59 Å². The second kappa shape index (κ2) is 6.62. The molecule has 0 spiro atoms. The smallest absolute Gasteiger partial charge is 0.274 e. The molecule has 24 heavy (non-hydrogen) atoms. The number of carbonyl (C=O) groups is 2. The van der Waals surface area contributed by atoms with Crippen molar-refractivity contribution in [2.24, 2.45) is 11.0 Å². The first-order valence-corrected chi connectivity index (χ1v) is 7.75. The summed E-state index contributed by atoms with van der Waals surface area (Å²) in [5, 5.41) is 6.95. The van der Waals surface area contributed by atoms with Gasteiger partial charge in [0, 0.05) is 23.7 Å². The second-order valence-electron chi connectivity index (χ2n) is 5.83. The molecule has 0 aliphatic carbocycles. The fourth-order valence-corrected chi connectivity index (χ4v) is 2.59. The van der Waals surface area contributed by atoms with Gasteiger partial charge in [-0.1, -0.05) is 25.1 Å². The van der Waals surface area contributed by atoms with Crippen molar-refractivity contribution in [3.8, 4) is 0 Å². The van der Waals surface area contributed by atoms with Gasteiger partial charge in [0.25, 0.3) is 5.91 Å². The second-order valence-corrected chi connectivity index (χ2v) is 5.83. The predicted molar refractivity (Wildman–Crippen MR) is 91.8 cm³/mol. The SMILES string of the molecule is Cc1cccc(C(=O)Nc2ccc(C3=NNC(=O)CC3C)cc2)n1. The number of benzene rings is 1. The van der Waals surface area contributed by atoms with Gasteiger partial charge >= 0.3 is 0 Å². The van der Waals surface area contributed by atoms with Crippen molar-refractivity contribution in [2.45, 2.75) is 20.3 Å². The summed E-state index contributed by atoms with van der Waals surface area (Å²) in [7, 11) is 0. The molecule has 1 aromatic heterocycles. The fraction of sp³-hybridized carbons (Fsp3) is 0.222. The van der Waals surface area contributed by atoms with Gasteiger partial charge in [-0.2, -0.15) is 5.10 Å². The molecule has 0 bridgehead atoms. The lowest BCUT2D eigenvalue weighted by Gasteiger charge is -2.19. The lowest BCUT2D eigenvalue weighted by atomic mass is 9.94. The highest BCUT2D eigenvalue weighted by Crippen LogP contribution is 2.18. The zero-order valence-corrected chi connectivity index (χ0v) is 13.5. The number of nitrogens with zero attached hydrogens (tertiary/aromatic N) is 2. The minimum atomic E-state index is -0.248. The Labute approximate surface area is 140 Å². The molecule has 3 rings (SSSR count). The van der Waals surface area contributed by atoms with Crippen LogP contribution >= 0.6 is 0 Å². The molecule has 1 aliphatic rings. The molecule has 0 saturated carbocycles. The van der Waals surface area contributed by atoms with Crippen LogP contribution < -0.4 is 10.7 Å². The Balaban J connectivity index is 1.73. The standard InChI is InChI=1S/C18H18N4O2/c1-11-10-16(23)21-22-17(11)13-6-8-14(9-7-13)20-18(24)15-5-3-4-12(2)19-15/h3-9,11H,10H2,1-2H3,(H,20,24)(H,21,23). The molecule has 1 aliphatic heterocycles. The van der Waals surface area contributed by atoms with Crippen LogP contribution in [0, 0.1) is 12.8 Å². The van der Waals surface area contributed by atoms with Crippen LogP contribution in [0.3, 0.4) is 0 Å². The Bertz CT molecular complexity index is 812. The maximum absolute atomic E-state index is 12.2. The number of hydrazone groups is 1. The summed E-state index contributed by atoms with van der Waals surface area (Å²) in [6.07, 6.45) is 0.427. The van der Waals surface area contributed by atoms with Gasteiger partial charge in [-0.05, 0) is 36.8 Å². The number of hydrogen-bond acceptors (Lipinski definition) is 4. The van der Waals surface area contributed by atoms with Crippen molar-refractivity contribution in [1.29, 1.82) is 0 Å². The fourth-order valence-electron chi connectivity index (χ4n) is 2.59. The van der Waals surface area contributed by atoms with E-state index in [0.717, 1.165) is 17.0 Å². The maximum Gasteiger partial charge on any atom is 0.274 e. The van der Waals surface area contributed by atoms with Crippen molar-refractivity contribution >= 4 is 23.2 Å². The zero-order chi connectivity index (χ0) is 17.1. The third-order valence-corrected chi connectivity index (χ3v) is 3.82. The number of rotatable bonds is 3. The third-order valence-electron chi connectivity index (χ3n) is 3.82. The summed E-state index contributed by atoms with van der Waals surface area (Å²) in [4.78, 5) is 27.7. The van der Waals surface area contributed by atoms with Crippen LogP contribution in [0.25, 0.3) is 0 Å². The van der Waals surface area contributed by atoms with Crippen molar-refractivity contribution in [1.82, 2.24) is 10.4 Å². The normalized spacial score (nSPS) is 17.0. The van der Waals surface area contributed by atoms with E-state index in [1.807, 2.05) is 44.2 Å². The first-order valence-electron chi connectivity index (χ1n) is 7.75. The number of pyridine rings is 1. The predicted octanol–water partition coefficient (Wildman–Crippen LogP) is 2.50. The quantitative estimate of drug-likeness (QED) is 0.910. The number of aromatic nitrogens is 1. The van der Waals surface area contributed by atoms with Crippen molar-refractivity contribution in [2.75, 3.05) is 5.32 Å². The van der Waals surface area contributed by atoms with E-state index in [4.69, 9.17) is 0 Å². The number of anilines is 1. The topological polar surface area (TPSA) is 83.5 Å². The monoisotopic (exact) mass is 322 g/mol. The Morgan fingerprint density at radius 2 is 1.96 bits per heavy atom. The van der Waals surface area contributed by atoms with E-state index >= 15 is 0 Å². The molecule has 6 heteroatoms. The third kappa shape index (κ3) is 3.48. The van der Waals surface area contributed by atoms with Crippen LogP contribution in [0.1, 0.15) is 35.1 Å². The molecular formula is C18H18N4O2. The van der Waals surface area contributed by atoms with E-state index in [0.29, 0.717) is 17.8 Å². The van der Waals surface area contributed by atoms with Crippen molar-refractivity contribution in [3.63, 3.8) is 0 Å². The van der Waals surface area contributed by atoms with Gasteiger partial charge in [0.15, 0.2) is 0 Å². The van der Waals surface area contributed by atoms with E-state index in [2.05, 4.69) is 20.8 Å². The van der Waals surface area contributed by atoms with Gasteiger partial charge < -0.3 is 5.32 Å². The number of carbonyl (C=O) groups excluding carboxylic acids is 2. The average Bonchev–Trinajstić information content (AvgIpc) is 2.56. The summed E-state index contributed by atoms with van der Waals surface area (Å²) in [6, 6.07) is 12.7. The molecule has 2 N–H and O–H groups in total. The number of aryl methyl sites for hydroxylation is 1. The Hall–Kier alpha value is -3.02. The van der Waals surface area contributed by atoms with E-state index < -0.39 is 0 Å². The zero-order valence-electron chi connectivity index (χ0n) is 13.5. The molecule has 6 nitrogen and oxygen atoms in total. The number of nitrogens with one attached hydrogen (secondary N) is 2. The van der Waals surface area contributed by atoms with Crippen LogP contribution in [0.15, 0.2) is 47.6 Å². The van der Waals surface area contributed by atoms with E-state index in [1.165, 1.54) is 0 Å². The molecule has 1 atom stereocenters. The number of hydrogen-bond donors (Lipinski definition) is 2. The summed E-state index contributed by atoms with van der Waals surface area (Å²) >= 11 is 0. The van der Waals surface area contributed by atoms with Gasteiger partial charge in [-0.15, -0.1) is 0 Å². The minimum Gasteiger partial charge on any atom is -0.321 e. The lowest BCUT2D eigenvalue weighted by Crippen LogP contribution is -2.31. The van der Waals surface area contributed by atoms with Gasteiger partial charge in [-0.25, -0.2) is 10.4 Å². The average molecular weight is 322 g/mol. The van der Waals surface area contributed by atoms with E-state index in [-0.39, 0.29) is 17.7 Å². The number of amides is 2. The van der Waals surface area contributed by atoms with E-state index in [9.17, 15) is 9.59 Å². The summed E-state index contributed by atoms with van der Waals surface area (Å²) in [5.74, 6) is -0.251. The van der Waals surface area contributed by atoms with E-state index in [1.54, 1.807) is 12.1 Å². The Morgan fingerprint density at radius 1 is 1.21 bits per heavy atom. The molecule has 122 valence electrons. The maximum atomic E-state index is 12.2. The highest BCUT2D eigenvalue weighted by molar-refractivity contribution is 6.06. The molecule has 2 heterocycles. The molecule has 0 fully saturated rings. The van der Waals surface area contributed by atoms with Crippen molar-refractivity contribution in [3.05, 3.63) is 59.4 Å². The summed E-state index contributed by atoms with van der Waals surface area (Å²) in [6.45, 7) is 3.81. The molecule has 0 saturated heterocycles. The van der Waals surface area contributed by atoms with Crippen LogP contribution in [0.5, 0.6) is 0 Å². The molecule has 0 radical (unpaired) electrons. The van der Waals surface area contributed by atoms with Gasteiger partial charge in [0.2, 0.25) is 5.91 Å². The van der Waals surface area contributed by atoms with Gasteiger partial charge in [-0.3, -0.25) is 9.59 Å². The van der Waals surface area contributed by atoms with Gasteiger partial charge in [0.1, 0.15) is 5.69 Å². The van der Waals surface area contributed by atoms with Crippen LogP contribution in [-0.4, -0.2) is 22.5 Å².